The summed E-state index contributed by atoms with van der Waals surface area (Å²) in [5.41, 5.74) is 2.74. The van der Waals surface area contributed by atoms with Gasteiger partial charge in [0.25, 0.3) is 0 Å². The Morgan fingerprint density at radius 2 is 2.11 bits per heavy atom. The fourth-order valence-corrected chi connectivity index (χ4v) is 2.00. The van der Waals surface area contributed by atoms with Crippen LogP contribution in [0.4, 0.5) is 13.2 Å². The maximum Gasteiger partial charge on any atom is 0.389 e. The van der Waals surface area contributed by atoms with E-state index in [1.807, 2.05) is 35.7 Å². The summed E-state index contributed by atoms with van der Waals surface area (Å²) in [6, 6.07) is 5.71. The molecule has 2 rings (SSSR count). The molecule has 0 spiro atoms. The lowest BCUT2D eigenvalue weighted by molar-refractivity contribution is -0.135. The van der Waals surface area contributed by atoms with Crippen LogP contribution in [-0.2, 0) is 6.54 Å². The highest BCUT2D eigenvalue weighted by Gasteiger charge is 2.25. The van der Waals surface area contributed by atoms with E-state index in [1.165, 1.54) is 0 Å². The second-order valence-electron chi connectivity index (χ2n) is 4.47. The molecule has 0 saturated carbocycles. The maximum atomic E-state index is 12.0. The van der Waals surface area contributed by atoms with Crippen LogP contribution in [0.5, 0.6) is 0 Å². The van der Waals surface area contributed by atoms with Crippen LogP contribution in [-0.4, -0.2) is 22.1 Å². The van der Waals surface area contributed by atoms with Crippen molar-refractivity contribution in [1.29, 1.82) is 0 Å². The number of aromatic nitrogens is 2. The van der Waals surface area contributed by atoms with E-state index < -0.39 is 12.6 Å². The molecule has 104 valence electrons. The third-order valence-corrected chi connectivity index (χ3v) is 2.94. The van der Waals surface area contributed by atoms with Crippen molar-refractivity contribution < 1.29 is 13.2 Å². The van der Waals surface area contributed by atoms with Crippen LogP contribution in [0.3, 0.4) is 0 Å². The van der Waals surface area contributed by atoms with Gasteiger partial charge in [-0.2, -0.15) is 13.2 Å². The van der Waals surface area contributed by atoms with Crippen molar-refractivity contribution in [3.8, 4) is 0 Å². The normalized spacial score (nSPS) is 12.2. The monoisotopic (exact) mass is 271 g/mol. The number of rotatable bonds is 5. The highest BCUT2D eigenvalue weighted by atomic mass is 19.4. The van der Waals surface area contributed by atoms with Gasteiger partial charge in [0.15, 0.2) is 0 Å². The van der Waals surface area contributed by atoms with Gasteiger partial charge in [-0.3, -0.25) is 0 Å². The summed E-state index contributed by atoms with van der Waals surface area (Å²) < 4.78 is 37.9. The molecule has 0 aliphatic heterocycles. The molecule has 0 fully saturated rings. The van der Waals surface area contributed by atoms with Crippen molar-refractivity contribution >= 4 is 5.65 Å². The van der Waals surface area contributed by atoms with Gasteiger partial charge in [-0.25, -0.2) is 4.98 Å². The van der Waals surface area contributed by atoms with Gasteiger partial charge in [-0.15, -0.1) is 0 Å². The number of aryl methyl sites for hydroxylation is 1. The lowest BCUT2D eigenvalue weighted by atomic mass is 10.3. The first-order chi connectivity index (χ1) is 8.97. The maximum absolute atomic E-state index is 12.0. The fourth-order valence-electron chi connectivity index (χ4n) is 2.00. The lowest BCUT2D eigenvalue weighted by Gasteiger charge is -2.08. The molecule has 6 heteroatoms. The van der Waals surface area contributed by atoms with E-state index >= 15 is 0 Å². The standard InChI is InChI=1S/C13H16F3N3/c1-10-11(9-17-7-4-6-13(14,15)16)19-8-3-2-5-12(19)18-10/h2-3,5,8,17H,4,6-7,9H2,1H3. The van der Waals surface area contributed by atoms with Crippen LogP contribution in [0.15, 0.2) is 24.4 Å². The predicted octanol–water partition coefficient (Wildman–Crippen LogP) is 3.07. The third kappa shape index (κ3) is 3.70. The van der Waals surface area contributed by atoms with Crippen molar-refractivity contribution in [2.24, 2.45) is 0 Å². The molecule has 19 heavy (non-hydrogen) atoms. The molecule has 0 radical (unpaired) electrons. The molecule has 0 bridgehead atoms. The Morgan fingerprint density at radius 1 is 1.32 bits per heavy atom. The third-order valence-electron chi connectivity index (χ3n) is 2.94. The Hall–Kier alpha value is -1.56. The molecule has 0 aromatic carbocycles. The van der Waals surface area contributed by atoms with Gasteiger partial charge in [-0.1, -0.05) is 6.07 Å². The summed E-state index contributed by atoms with van der Waals surface area (Å²) in [6.07, 6.45) is -2.81. The van der Waals surface area contributed by atoms with E-state index in [-0.39, 0.29) is 6.42 Å². The average Bonchev–Trinajstić information content (AvgIpc) is 2.64. The predicted molar refractivity (Wildman–Crippen MR) is 66.9 cm³/mol. The minimum atomic E-state index is -4.07. The van der Waals surface area contributed by atoms with Gasteiger partial charge in [0.2, 0.25) is 0 Å². The van der Waals surface area contributed by atoms with Crippen molar-refractivity contribution in [2.45, 2.75) is 32.5 Å². The largest absolute Gasteiger partial charge is 0.389 e. The number of pyridine rings is 1. The second-order valence-corrected chi connectivity index (χ2v) is 4.47. The summed E-state index contributed by atoms with van der Waals surface area (Å²) in [6.45, 7) is 2.77. The highest BCUT2D eigenvalue weighted by molar-refractivity contribution is 5.42. The van der Waals surface area contributed by atoms with Crippen molar-refractivity contribution in [3.05, 3.63) is 35.8 Å². The fraction of sp³-hybridized carbons (Fsp3) is 0.462. The van der Waals surface area contributed by atoms with Gasteiger partial charge < -0.3 is 9.72 Å². The summed E-state index contributed by atoms with van der Waals surface area (Å²) in [5, 5.41) is 3.03. The Bertz CT molecular complexity index is 546. The number of hydrogen-bond donors (Lipinski definition) is 1. The van der Waals surface area contributed by atoms with Crippen LogP contribution < -0.4 is 5.32 Å². The van der Waals surface area contributed by atoms with Crippen LogP contribution in [0.1, 0.15) is 24.2 Å². The zero-order valence-corrected chi connectivity index (χ0v) is 10.7. The number of alkyl halides is 3. The van der Waals surface area contributed by atoms with Crippen molar-refractivity contribution in [1.82, 2.24) is 14.7 Å². The van der Waals surface area contributed by atoms with Gasteiger partial charge in [-0.05, 0) is 32.0 Å². The smallest absolute Gasteiger partial charge is 0.311 e. The summed E-state index contributed by atoms with van der Waals surface area (Å²) in [4.78, 5) is 4.39. The first-order valence-electron chi connectivity index (χ1n) is 6.17. The average molecular weight is 271 g/mol. The lowest BCUT2D eigenvalue weighted by Crippen LogP contribution is -2.19. The van der Waals surface area contributed by atoms with E-state index in [1.54, 1.807) is 0 Å². The molecule has 0 atom stereocenters. The van der Waals surface area contributed by atoms with E-state index in [0.717, 1.165) is 17.0 Å². The topological polar surface area (TPSA) is 29.3 Å². The highest BCUT2D eigenvalue weighted by Crippen LogP contribution is 2.20. The zero-order valence-electron chi connectivity index (χ0n) is 10.7. The molecular formula is C13H16F3N3. The number of nitrogens with zero attached hydrogens (tertiary/aromatic N) is 2. The molecule has 3 nitrogen and oxygen atoms in total. The molecular weight excluding hydrogens is 255 g/mol. The minimum absolute atomic E-state index is 0.0965. The molecule has 0 aliphatic carbocycles. The molecule has 0 aliphatic rings. The first-order valence-corrected chi connectivity index (χ1v) is 6.17. The van der Waals surface area contributed by atoms with Crippen LogP contribution in [0.25, 0.3) is 5.65 Å². The summed E-state index contributed by atoms with van der Waals surface area (Å²) in [5.74, 6) is 0. The number of nitrogens with one attached hydrogen (secondary N) is 1. The molecule has 0 unspecified atom stereocenters. The SMILES string of the molecule is Cc1nc2ccccn2c1CNCCCC(F)(F)F. The minimum Gasteiger partial charge on any atom is -0.311 e. The first kappa shape index (κ1) is 13.9. The quantitative estimate of drug-likeness (QED) is 0.847. The summed E-state index contributed by atoms with van der Waals surface area (Å²) >= 11 is 0. The number of imidazole rings is 1. The van der Waals surface area contributed by atoms with Crippen molar-refractivity contribution in [2.75, 3.05) is 6.54 Å². The van der Waals surface area contributed by atoms with Crippen LogP contribution in [0.2, 0.25) is 0 Å². The van der Waals surface area contributed by atoms with E-state index in [9.17, 15) is 13.2 Å². The van der Waals surface area contributed by atoms with Crippen LogP contribution in [0, 0.1) is 6.92 Å². The number of fused-ring (bicyclic) bond motifs is 1. The van der Waals surface area contributed by atoms with Crippen molar-refractivity contribution in [3.63, 3.8) is 0 Å². The Kier molecular flexibility index (Phi) is 4.09. The molecule has 0 amide bonds. The summed E-state index contributed by atoms with van der Waals surface area (Å²) in [7, 11) is 0. The van der Waals surface area contributed by atoms with Gasteiger partial charge >= 0.3 is 6.18 Å². The van der Waals surface area contributed by atoms with E-state index in [0.29, 0.717) is 13.1 Å². The van der Waals surface area contributed by atoms with E-state index in [4.69, 9.17) is 0 Å². The molecule has 2 aromatic rings. The van der Waals surface area contributed by atoms with Gasteiger partial charge in [0.1, 0.15) is 5.65 Å². The molecule has 2 heterocycles. The van der Waals surface area contributed by atoms with Crippen LogP contribution >= 0.6 is 0 Å². The second kappa shape index (κ2) is 5.61. The Balaban J connectivity index is 1.90. The van der Waals surface area contributed by atoms with Gasteiger partial charge in [0, 0.05) is 19.2 Å². The van der Waals surface area contributed by atoms with Gasteiger partial charge in [0.05, 0.1) is 11.4 Å². The Morgan fingerprint density at radius 3 is 2.84 bits per heavy atom. The zero-order chi connectivity index (χ0) is 13.9. The van der Waals surface area contributed by atoms with E-state index in [2.05, 4.69) is 10.3 Å². The number of hydrogen-bond acceptors (Lipinski definition) is 2. The molecule has 1 N–H and O–H groups in total. The number of halogens is 3. The molecule has 0 saturated heterocycles. The Labute approximate surface area is 109 Å². The molecule has 2 aromatic heterocycles.